The highest BCUT2D eigenvalue weighted by molar-refractivity contribution is 6.22. The Labute approximate surface area is 239 Å². The fourth-order valence-corrected chi connectivity index (χ4v) is 6.66. The summed E-state index contributed by atoms with van der Waals surface area (Å²) in [7, 11) is 0. The lowest BCUT2D eigenvalue weighted by Crippen LogP contribution is -2.31. The number of hydrogen-bond acceptors (Lipinski definition) is 1. The van der Waals surface area contributed by atoms with Crippen LogP contribution in [0.25, 0.3) is 38.6 Å². The van der Waals surface area contributed by atoms with Gasteiger partial charge in [0.05, 0.1) is 27.8 Å². The zero-order valence-corrected chi connectivity index (χ0v) is 22.8. The molecule has 1 aliphatic heterocycles. The second-order valence-electron chi connectivity index (χ2n) is 10.9. The van der Waals surface area contributed by atoms with Gasteiger partial charge in [0.15, 0.2) is 0 Å². The van der Waals surface area contributed by atoms with Crippen LogP contribution in [0.2, 0.25) is 0 Å². The molecule has 0 saturated carbocycles. The molecule has 8 rings (SSSR count). The largest absolute Gasteiger partial charge is 0.309 e. The van der Waals surface area contributed by atoms with E-state index in [1.54, 1.807) is 0 Å². The summed E-state index contributed by atoms with van der Waals surface area (Å²) in [6.07, 6.45) is 0. The lowest BCUT2D eigenvalue weighted by Gasteiger charge is -2.29. The monoisotopic (exact) mass is 524 g/mol. The molecule has 6 aromatic carbocycles. The highest BCUT2D eigenvalue weighted by Gasteiger charge is 2.42. The van der Waals surface area contributed by atoms with Crippen LogP contribution in [0.3, 0.4) is 0 Å². The number of para-hydroxylation sites is 1. The Morgan fingerprint density at radius 3 is 1.93 bits per heavy atom. The maximum atomic E-state index is 5.51. The molecule has 0 amide bonds. The first kappa shape index (κ1) is 23.7. The molecular formula is C39H28N2. The van der Waals surface area contributed by atoms with E-state index in [0.29, 0.717) is 0 Å². The van der Waals surface area contributed by atoms with Gasteiger partial charge in [0, 0.05) is 16.5 Å². The molecule has 2 heteroatoms. The third-order valence-corrected chi connectivity index (χ3v) is 8.66. The van der Waals surface area contributed by atoms with E-state index in [2.05, 4.69) is 163 Å². The quantitative estimate of drug-likeness (QED) is 0.218. The first-order valence-corrected chi connectivity index (χ1v) is 14.2. The summed E-state index contributed by atoms with van der Waals surface area (Å²) in [5.74, 6) is 0. The molecule has 0 saturated heterocycles. The van der Waals surface area contributed by atoms with E-state index in [4.69, 9.17) is 4.99 Å². The summed E-state index contributed by atoms with van der Waals surface area (Å²) in [4.78, 5) is 5.51. The van der Waals surface area contributed by atoms with Gasteiger partial charge < -0.3 is 4.57 Å². The standard InChI is InChI=1S/C39H28N2/c1-39(30-19-9-4-10-20-30)33-24-25-35-36(37(33)40-38(39)28-16-7-3-8-17-28)32-22-11-12-23-34(32)41(35)31-21-13-18-29(26-31)27-14-5-2-6-15-27/h2-26H,1H3. The maximum Gasteiger partial charge on any atom is 0.0779 e. The fraction of sp³-hybridized carbons (Fsp3) is 0.0513. The smallest absolute Gasteiger partial charge is 0.0779 e. The van der Waals surface area contributed by atoms with Gasteiger partial charge in [-0.05, 0) is 59.0 Å². The molecular weight excluding hydrogens is 496 g/mol. The number of fused-ring (bicyclic) bond motifs is 5. The molecule has 0 spiro atoms. The Morgan fingerprint density at radius 2 is 1.17 bits per heavy atom. The summed E-state index contributed by atoms with van der Waals surface area (Å²) in [5, 5.41) is 2.43. The lowest BCUT2D eigenvalue weighted by atomic mass is 9.71. The number of aliphatic imine (C=N–C) groups is 1. The van der Waals surface area contributed by atoms with E-state index >= 15 is 0 Å². The number of nitrogens with zero attached hydrogens (tertiary/aromatic N) is 2. The summed E-state index contributed by atoms with van der Waals surface area (Å²) >= 11 is 0. The molecule has 0 fully saturated rings. The van der Waals surface area contributed by atoms with Gasteiger partial charge in [-0.1, -0.05) is 127 Å². The van der Waals surface area contributed by atoms with Crippen LogP contribution in [0.5, 0.6) is 0 Å². The van der Waals surface area contributed by atoms with Crippen molar-refractivity contribution in [1.82, 2.24) is 4.57 Å². The second-order valence-corrected chi connectivity index (χ2v) is 10.9. The fourth-order valence-electron chi connectivity index (χ4n) is 6.66. The zero-order chi connectivity index (χ0) is 27.4. The molecule has 1 unspecified atom stereocenters. The van der Waals surface area contributed by atoms with Gasteiger partial charge in [-0.3, -0.25) is 4.99 Å². The topological polar surface area (TPSA) is 17.3 Å². The molecule has 0 bridgehead atoms. The summed E-state index contributed by atoms with van der Waals surface area (Å²) in [6.45, 7) is 2.33. The Bertz CT molecular complexity index is 2090. The van der Waals surface area contributed by atoms with Crippen molar-refractivity contribution in [3.8, 4) is 16.8 Å². The number of aromatic nitrogens is 1. The molecule has 7 aromatic rings. The average Bonchev–Trinajstić information content (AvgIpc) is 3.55. The van der Waals surface area contributed by atoms with Crippen LogP contribution in [0, 0.1) is 0 Å². The third-order valence-electron chi connectivity index (χ3n) is 8.66. The molecule has 0 radical (unpaired) electrons. The predicted octanol–water partition coefficient (Wildman–Crippen LogP) is 9.89. The summed E-state index contributed by atoms with van der Waals surface area (Å²) in [6, 6.07) is 54.2. The molecule has 0 aliphatic carbocycles. The maximum absolute atomic E-state index is 5.51. The van der Waals surface area contributed by atoms with Crippen LogP contribution in [0.15, 0.2) is 157 Å². The van der Waals surface area contributed by atoms with Gasteiger partial charge in [0.1, 0.15) is 0 Å². The second kappa shape index (κ2) is 9.18. The lowest BCUT2D eigenvalue weighted by molar-refractivity contribution is 0.794. The molecule has 1 aliphatic rings. The normalized spacial score (nSPS) is 16.2. The van der Waals surface area contributed by atoms with Crippen LogP contribution in [-0.2, 0) is 5.41 Å². The van der Waals surface area contributed by atoms with Crippen molar-refractivity contribution in [3.63, 3.8) is 0 Å². The van der Waals surface area contributed by atoms with E-state index < -0.39 is 0 Å². The zero-order valence-electron chi connectivity index (χ0n) is 22.8. The van der Waals surface area contributed by atoms with Crippen LogP contribution in [-0.4, -0.2) is 10.3 Å². The van der Waals surface area contributed by atoms with Crippen molar-refractivity contribution >= 4 is 33.2 Å². The molecule has 2 nitrogen and oxygen atoms in total. The minimum atomic E-state index is -0.372. The van der Waals surface area contributed by atoms with Gasteiger partial charge >= 0.3 is 0 Å². The highest BCUT2D eigenvalue weighted by atomic mass is 15.0. The van der Waals surface area contributed by atoms with Crippen LogP contribution in [0.4, 0.5) is 5.69 Å². The van der Waals surface area contributed by atoms with E-state index in [9.17, 15) is 0 Å². The molecule has 1 aromatic heterocycles. The van der Waals surface area contributed by atoms with Gasteiger partial charge in [-0.15, -0.1) is 0 Å². The van der Waals surface area contributed by atoms with E-state index in [1.807, 2.05) is 0 Å². The molecule has 0 N–H and O–H groups in total. The molecule has 2 heterocycles. The van der Waals surface area contributed by atoms with Crippen molar-refractivity contribution < 1.29 is 0 Å². The van der Waals surface area contributed by atoms with Crippen LogP contribution < -0.4 is 0 Å². The van der Waals surface area contributed by atoms with Crippen LogP contribution in [0.1, 0.15) is 23.6 Å². The SMILES string of the molecule is CC1(c2ccccc2)C(c2ccccc2)=Nc2c1ccc1c2c2ccccc2n1-c1cccc(-c2ccccc2)c1. The van der Waals surface area contributed by atoms with Gasteiger partial charge in [0.2, 0.25) is 0 Å². The molecule has 1 atom stereocenters. The molecule has 194 valence electrons. The predicted molar refractivity (Wildman–Crippen MR) is 172 cm³/mol. The first-order chi connectivity index (χ1) is 20.2. The number of benzene rings is 6. The first-order valence-electron chi connectivity index (χ1n) is 14.2. The minimum absolute atomic E-state index is 0.372. The Kier molecular flexibility index (Phi) is 5.30. The Morgan fingerprint density at radius 1 is 0.537 bits per heavy atom. The van der Waals surface area contributed by atoms with Crippen LogP contribution >= 0.6 is 0 Å². The van der Waals surface area contributed by atoms with Gasteiger partial charge in [-0.2, -0.15) is 0 Å². The molecule has 41 heavy (non-hydrogen) atoms. The highest BCUT2D eigenvalue weighted by Crippen LogP contribution is 2.51. The average molecular weight is 525 g/mol. The Balaban J connectivity index is 1.43. The van der Waals surface area contributed by atoms with Gasteiger partial charge in [0.25, 0.3) is 0 Å². The Hall–Kier alpha value is -5.21. The minimum Gasteiger partial charge on any atom is -0.309 e. The van der Waals surface area contributed by atoms with Crippen molar-refractivity contribution in [1.29, 1.82) is 0 Å². The van der Waals surface area contributed by atoms with E-state index in [-0.39, 0.29) is 5.41 Å². The summed E-state index contributed by atoms with van der Waals surface area (Å²) in [5.41, 5.74) is 11.4. The number of rotatable bonds is 4. The van der Waals surface area contributed by atoms with Crippen molar-refractivity contribution in [3.05, 3.63) is 168 Å². The van der Waals surface area contributed by atoms with Gasteiger partial charge in [-0.25, -0.2) is 0 Å². The van der Waals surface area contributed by atoms with E-state index in [0.717, 1.165) is 22.6 Å². The van der Waals surface area contributed by atoms with E-state index in [1.165, 1.54) is 44.1 Å². The third kappa shape index (κ3) is 3.54. The number of hydrogen-bond donors (Lipinski definition) is 0. The van der Waals surface area contributed by atoms with Crippen molar-refractivity contribution in [2.75, 3.05) is 0 Å². The van der Waals surface area contributed by atoms with Crippen molar-refractivity contribution in [2.24, 2.45) is 4.99 Å². The van der Waals surface area contributed by atoms with Crippen molar-refractivity contribution in [2.45, 2.75) is 12.3 Å². The summed E-state index contributed by atoms with van der Waals surface area (Å²) < 4.78 is 2.40.